The number of hydrogen-bond donors (Lipinski definition) is 1. The topological polar surface area (TPSA) is 72.2 Å². The number of alkyl halides is 1. The summed E-state index contributed by atoms with van der Waals surface area (Å²) in [5.41, 5.74) is 5.30. The van der Waals surface area contributed by atoms with Crippen LogP contribution in [-0.4, -0.2) is 77.0 Å². The van der Waals surface area contributed by atoms with Crippen molar-refractivity contribution in [3.05, 3.63) is 0 Å². The molecule has 0 atom stereocenters. The smallest absolute Gasteiger partial charge is 0.0701 e. The van der Waals surface area contributed by atoms with Gasteiger partial charge in [-0.1, -0.05) is 35.4 Å². The van der Waals surface area contributed by atoms with E-state index in [1.165, 1.54) is 23.7 Å². The molecule has 0 fully saturated rings. The maximum absolute atomic E-state index is 5.51. The standard InChI is InChI=1S/C16H34INO5/c17-5-3-1-2-4-7-19-9-11-21-13-15-23-16-14-22-12-10-20-8-6-18/h1-16,18H2. The highest BCUT2D eigenvalue weighted by Crippen LogP contribution is 2.02. The molecule has 0 heterocycles. The van der Waals surface area contributed by atoms with Crippen molar-refractivity contribution in [3.8, 4) is 0 Å². The van der Waals surface area contributed by atoms with Crippen LogP contribution in [0.2, 0.25) is 0 Å². The lowest BCUT2D eigenvalue weighted by Crippen LogP contribution is -2.14. The first kappa shape index (κ1) is 23.5. The second-order valence-electron chi connectivity index (χ2n) is 4.95. The first-order valence-corrected chi connectivity index (χ1v) is 10.1. The molecule has 0 aliphatic heterocycles. The van der Waals surface area contributed by atoms with Crippen molar-refractivity contribution in [1.29, 1.82) is 0 Å². The van der Waals surface area contributed by atoms with E-state index in [2.05, 4.69) is 22.6 Å². The molecule has 0 aliphatic rings. The lowest BCUT2D eigenvalue weighted by molar-refractivity contribution is -0.0107. The summed E-state index contributed by atoms with van der Waals surface area (Å²) in [5, 5.41) is 0. The summed E-state index contributed by atoms with van der Waals surface area (Å²) in [7, 11) is 0. The van der Waals surface area contributed by atoms with E-state index in [1.54, 1.807) is 0 Å². The van der Waals surface area contributed by atoms with Gasteiger partial charge in [0, 0.05) is 13.2 Å². The third-order valence-electron chi connectivity index (χ3n) is 2.92. The molecule has 0 aromatic heterocycles. The summed E-state index contributed by atoms with van der Waals surface area (Å²) in [6.45, 7) is 6.76. The Bertz CT molecular complexity index is 193. The number of hydrogen-bond acceptors (Lipinski definition) is 6. The van der Waals surface area contributed by atoms with Crippen LogP contribution in [0.25, 0.3) is 0 Å². The van der Waals surface area contributed by atoms with Gasteiger partial charge < -0.3 is 29.4 Å². The highest BCUT2D eigenvalue weighted by atomic mass is 127. The summed E-state index contributed by atoms with van der Waals surface area (Å²) in [4.78, 5) is 0. The van der Waals surface area contributed by atoms with Gasteiger partial charge >= 0.3 is 0 Å². The lowest BCUT2D eigenvalue weighted by Gasteiger charge is -2.07. The molecule has 0 saturated carbocycles. The van der Waals surface area contributed by atoms with E-state index in [0.717, 1.165) is 13.0 Å². The monoisotopic (exact) mass is 447 g/mol. The Morgan fingerprint density at radius 1 is 0.478 bits per heavy atom. The molecule has 0 spiro atoms. The molecule has 2 N–H and O–H groups in total. The number of halogens is 1. The Kier molecular flexibility index (Phi) is 23.0. The van der Waals surface area contributed by atoms with Crippen molar-refractivity contribution < 1.29 is 23.7 Å². The minimum Gasteiger partial charge on any atom is -0.379 e. The quantitative estimate of drug-likeness (QED) is 0.175. The predicted octanol–water partition coefficient (Wildman–Crippen LogP) is 2.02. The summed E-state index contributed by atoms with van der Waals surface area (Å²) in [6, 6.07) is 0. The van der Waals surface area contributed by atoms with E-state index in [0.29, 0.717) is 66.0 Å². The van der Waals surface area contributed by atoms with Crippen LogP contribution in [0.5, 0.6) is 0 Å². The SMILES string of the molecule is NCCOCCOCCOCCOCCOCCCCCCI. The fraction of sp³-hybridized carbons (Fsp3) is 1.00. The Hall–Kier alpha value is 0.490. The molecule has 0 rings (SSSR count). The molecule has 6 nitrogen and oxygen atoms in total. The van der Waals surface area contributed by atoms with Gasteiger partial charge in [0.15, 0.2) is 0 Å². The molecular weight excluding hydrogens is 413 g/mol. The van der Waals surface area contributed by atoms with Crippen LogP contribution < -0.4 is 5.73 Å². The first-order chi connectivity index (χ1) is 11.4. The van der Waals surface area contributed by atoms with Crippen molar-refractivity contribution in [3.63, 3.8) is 0 Å². The zero-order valence-electron chi connectivity index (χ0n) is 14.3. The Morgan fingerprint density at radius 2 is 0.870 bits per heavy atom. The van der Waals surface area contributed by atoms with Gasteiger partial charge in [-0.15, -0.1) is 0 Å². The summed E-state index contributed by atoms with van der Waals surface area (Å²) in [6.07, 6.45) is 5.04. The Labute approximate surface area is 154 Å². The van der Waals surface area contributed by atoms with Crippen LogP contribution in [0.15, 0.2) is 0 Å². The third-order valence-corrected chi connectivity index (χ3v) is 3.69. The first-order valence-electron chi connectivity index (χ1n) is 8.56. The minimum atomic E-state index is 0.548. The van der Waals surface area contributed by atoms with Crippen LogP contribution in [0, 0.1) is 0 Å². The van der Waals surface area contributed by atoms with E-state index >= 15 is 0 Å². The molecule has 0 bridgehead atoms. The second-order valence-corrected chi connectivity index (χ2v) is 6.03. The summed E-state index contributed by atoms with van der Waals surface area (Å²) in [5.74, 6) is 0. The minimum absolute atomic E-state index is 0.548. The summed E-state index contributed by atoms with van der Waals surface area (Å²) < 4.78 is 28.1. The average Bonchev–Trinajstić information content (AvgIpc) is 2.57. The maximum atomic E-state index is 5.51. The molecule has 23 heavy (non-hydrogen) atoms. The van der Waals surface area contributed by atoms with Gasteiger partial charge in [-0.05, 0) is 17.3 Å². The fourth-order valence-electron chi connectivity index (χ4n) is 1.72. The van der Waals surface area contributed by atoms with Gasteiger partial charge in [0.1, 0.15) is 0 Å². The zero-order chi connectivity index (χ0) is 16.8. The largest absolute Gasteiger partial charge is 0.379 e. The molecule has 0 radical (unpaired) electrons. The molecular formula is C16H34INO5. The van der Waals surface area contributed by atoms with Crippen molar-refractivity contribution in [2.24, 2.45) is 5.73 Å². The molecule has 7 heteroatoms. The van der Waals surface area contributed by atoms with E-state index in [-0.39, 0.29) is 0 Å². The Balaban J connectivity index is 2.92. The highest BCUT2D eigenvalue weighted by molar-refractivity contribution is 14.1. The molecule has 140 valence electrons. The van der Waals surface area contributed by atoms with Crippen molar-refractivity contribution in [1.82, 2.24) is 0 Å². The third kappa shape index (κ3) is 22.5. The van der Waals surface area contributed by atoms with Crippen LogP contribution in [-0.2, 0) is 23.7 Å². The highest BCUT2D eigenvalue weighted by Gasteiger charge is 1.94. The number of unbranched alkanes of at least 4 members (excludes halogenated alkanes) is 3. The molecule has 0 amide bonds. The molecule has 0 saturated heterocycles. The van der Waals surface area contributed by atoms with Crippen LogP contribution in [0.1, 0.15) is 25.7 Å². The van der Waals surface area contributed by atoms with Crippen LogP contribution in [0.4, 0.5) is 0 Å². The van der Waals surface area contributed by atoms with Gasteiger partial charge in [-0.25, -0.2) is 0 Å². The van der Waals surface area contributed by atoms with Crippen molar-refractivity contribution in [2.45, 2.75) is 25.7 Å². The van der Waals surface area contributed by atoms with Crippen molar-refractivity contribution in [2.75, 3.05) is 77.0 Å². The lowest BCUT2D eigenvalue weighted by atomic mass is 10.2. The normalized spacial score (nSPS) is 11.2. The van der Waals surface area contributed by atoms with Gasteiger partial charge in [0.05, 0.1) is 59.5 Å². The van der Waals surface area contributed by atoms with Crippen LogP contribution >= 0.6 is 22.6 Å². The molecule has 0 aliphatic carbocycles. The summed E-state index contributed by atoms with van der Waals surface area (Å²) >= 11 is 2.42. The fourth-order valence-corrected chi connectivity index (χ4v) is 2.26. The Morgan fingerprint density at radius 3 is 1.30 bits per heavy atom. The van der Waals surface area contributed by atoms with E-state index < -0.39 is 0 Å². The van der Waals surface area contributed by atoms with Crippen LogP contribution in [0.3, 0.4) is 0 Å². The van der Waals surface area contributed by atoms with Gasteiger partial charge in [0.25, 0.3) is 0 Å². The molecule has 0 aromatic carbocycles. The van der Waals surface area contributed by atoms with E-state index in [9.17, 15) is 0 Å². The molecule has 0 unspecified atom stereocenters. The van der Waals surface area contributed by atoms with E-state index in [1.807, 2.05) is 0 Å². The second kappa shape index (κ2) is 22.5. The molecule has 0 aromatic rings. The number of rotatable bonds is 20. The van der Waals surface area contributed by atoms with Gasteiger partial charge in [-0.2, -0.15) is 0 Å². The number of nitrogens with two attached hydrogens (primary N) is 1. The zero-order valence-corrected chi connectivity index (χ0v) is 16.5. The predicted molar refractivity (Wildman–Crippen MR) is 101 cm³/mol. The maximum Gasteiger partial charge on any atom is 0.0701 e. The van der Waals surface area contributed by atoms with Crippen molar-refractivity contribution >= 4 is 22.6 Å². The van der Waals surface area contributed by atoms with Gasteiger partial charge in [-0.3, -0.25) is 0 Å². The average molecular weight is 447 g/mol. The van der Waals surface area contributed by atoms with E-state index in [4.69, 9.17) is 29.4 Å². The number of ether oxygens (including phenoxy) is 5. The van der Waals surface area contributed by atoms with Gasteiger partial charge in [0.2, 0.25) is 0 Å².